The fourth-order valence-corrected chi connectivity index (χ4v) is 3.69. The van der Waals surface area contributed by atoms with Gasteiger partial charge in [-0.15, -0.1) is 34.2 Å². The van der Waals surface area contributed by atoms with Gasteiger partial charge >= 0.3 is 0 Å². The molecule has 1 N–H and O–H groups in total. The Morgan fingerprint density at radius 3 is 2.65 bits per heavy atom. The van der Waals surface area contributed by atoms with Crippen molar-refractivity contribution in [2.24, 2.45) is 19.1 Å². The van der Waals surface area contributed by atoms with E-state index in [0.29, 0.717) is 13.1 Å². The number of hydrogen-bond donors (Lipinski definition) is 1. The van der Waals surface area contributed by atoms with Gasteiger partial charge in [-0.3, -0.25) is 4.90 Å². The van der Waals surface area contributed by atoms with Gasteiger partial charge < -0.3 is 24.1 Å². The van der Waals surface area contributed by atoms with Gasteiger partial charge in [-0.25, -0.2) is 4.99 Å². The van der Waals surface area contributed by atoms with Crippen LogP contribution in [0.2, 0.25) is 5.02 Å². The first-order valence-corrected chi connectivity index (χ1v) is 10.8. The monoisotopic (exact) mass is 564 g/mol. The van der Waals surface area contributed by atoms with Crippen molar-refractivity contribution < 1.29 is 4.74 Å². The van der Waals surface area contributed by atoms with Gasteiger partial charge in [-0.2, -0.15) is 0 Å². The van der Waals surface area contributed by atoms with Gasteiger partial charge in [-0.1, -0.05) is 11.6 Å². The average molecular weight is 565 g/mol. The average Bonchev–Trinajstić information content (AvgIpc) is 3.22. The van der Waals surface area contributed by atoms with Crippen LogP contribution in [0.15, 0.2) is 17.3 Å². The summed E-state index contributed by atoms with van der Waals surface area (Å²) in [6, 6.07) is 1.99. The molecule has 0 spiro atoms. The number of ether oxygens (including phenoxy) is 1. The van der Waals surface area contributed by atoms with E-state index in [1.54, 1.807) is 0 Å². The zero-order chi connectivity index (χ0) is 21.5. The maximum Gasteiger partial charge on any atom is 0.194 e. The molecule has 1 fully saturated rings. The van der Waals surface area contributed by atoms with Gasteiger partial charge in [0.05, 0.1) is 24.8 Å². The summed E-state index contributed by atoms with van der Waals surface area (Å²) in [6.45, 7) is 8.73. The normalized spacial score (nSPS) is 15.1. The van der Waals surface area contributed by atoms with Crippen molar-refractivity contribution >= 4 is 41.5 Å². The molecule has 3 rings (SSSR count). The van der Waals surface area contributed by atoms with Crippen LogP contribution in [0.1, 0.15) is 23.8 Å². The van der Waals surface area contributed by atoms with Gasteiger partial charge in [0.2, 0.25) is 0 Å². The summed E-state index contributed by atoms with van der Waals surface area (Å²) in [7, 11) is 6.01. The van der Waals surface area contributed by atoms with E-state index in [2.05, 4.69) is 25.3 Å². The molecule has 2 aromatic rings. The molecule has 1 aliphatic rings. The maximum absolute atomic E-state index is 6.15. The number of guanidine groups is 1. The van der Waals surface area contributed by atoms with Crippen LogP contribution >= 0.6 is 35.6 Å². The number of halogens is 2. The van der Waals surface area contributed by atoms with E-state index in [1.807, 2.05) is 49.5 Å². The first-order valence-electron chi connectivity index (χ1n) is 10.4. The highest BCUT2D eigenvalue weighted by molar-refractivity contribution is 14.0. The summed E-state index contributed by atoms with van der Waals surface area (Å²) in [5.74, 6) is 2.57. The summed E-state index contributed by atoms with van der Waals surface area (Å²) in [5, 5.41) is 12.6. The highest BCUT2D eigenvalue weighted by Gasteiger charge is 2.13. The molecule has 0 amide bonds. The number of hydrogen-bond acceptors (Lipinski definition) is 5. The second kappa shape index (κ2) is 12.6. The minimum absolute atomic E-state index is 0. The molecule has 0 aliphatic carbocycles. The van der Waals surface area contributed by atoms with Crippen molar-refractivity contribution in [3.8, 4) is 0 Å². The Labute approximate surface area is 206 Å². The van der Waals surface area contributed by atoms with E-state index in [4.69, 9.17) is 21.3 Å². The van der Waals surface area contributed by atoms with Gasteiger partial charge in [0.15, 0.2) is 11.8 Å². The number of aryl methyl sites for hydroxylation is 2. The Kier molecular flexibility index (Phi) is 10.5. The topological polar surface area (TPSA) is 75.7 Å². The number of nitrogens with one attached hydrogen (secondary N) is 1. The zero-order valence-corrected chi connectivity index (χ0v) is 21.9. The van der Waals surface area contributed by atoms with Crippen LogP contribution < -0.4 is 5.32 Å². The minimum atomic E-state index is 0. The van der Waals surface area contributed by atoms with E-state index in [0.717, 1.165) is 74.1 Å². The highest BCUT2D eigenvalue weighted by Crippen LogP contribution is 2.14. The SMILES string of the molecule is Cc1nnc(CN=C(NCCCN2CCOCC2)N(C)Cc2cc(Cl)cn2C)n1C.I. The Morgan fingerprint density at radius 2 is 2.03 bits per heavy atom. The summed E-state index contributed by atoms with van der Waals surface area (Å²) >= 11 is 6.15. The van der Waals surface area contributed by atoms with Gasteiger partial charge in [0.25, 0.3) is 0 Å². The van der Waals surface area contributed by atoms with E-state index < -0.39 is 0 Å². The van der Waals surface area contributed by atoms with Crippen molar-refractivity contribution in [2.45, 2.75) is 26.4 Å². The molecule has 0 aromatic carbocycles. The van der Waals surface area contributed by atoms with Crippen LogP contribution in [-0.4, -0.2) is 81.5 Å². The summed E-state index contributed by atoms with van der Waals surface area (Å²) in [4.78, 5) is 9.38. The second-order valence-corrected chi connectivity index (χ2v) is 8.15. The predicted octanol–water partition coefficient (Wildman–Crippen LogP) is 2.03. The van der Waals surface area contributed by atoms with E-state index >= 15 is 0 Å². The Hall–Kier alpha value is -1.37. The minimum Gasteiger partial charge on any atom is -0.379 e. The van der Waals surface area contributed by atoms with E-state index in [-0.39, 0.29) is 24.0 Å². The Bertz CT molecular complexity index is 846. The van der Waals surface area contributed by atoms with Crippen LogP contribution in [0.3, 0.4) is 0 Å². The molecule has 1 aliphatic heterocycles. The van der Waals surface area contributed by atoms with Crippen molar-refractivity contribution in [2.75, 3.05) is 46.4 Å². The molecule has 0 bridgehead atoms. The molecule has 3 heterocycles. The van der Waals surface area contributed by atoms with Gasteiger partial charge in [-0.05, 0) is 26.0 Å². The van der Waals surface area contributed by atoms with E-state index in [1.165, 1.54) is 0 Å². The molecule has 1 saturated heterocycles. The van der Waals surface area contributed by atoms with Crippen LogP contribution in [0, 0.1) is 6.92 Å². The lowest BCUT2D eigenvalue weighted by Gasteiger charge is -2.27. The molecule has 9 nitrogen and oxygen atoms in total. The van der Waals surface area contributed by atoms with E-state index in [9.17, 15) is 0 Å². The Balaban J connectivity index is 0.00000341. The van der Waals surface area contributed by atoms with Crippen molar-refractivity contribution in [1.29, 1.82) is 0 Å². The first-order chi connectivity index (χ1) is 14.4. The molecule has 11 heteroatoms. The summed E-state index contributed by atoms with van der Waals surface area (Å²) in [6.07, 6.45) is 2.96. The lowest BCUT2D eigenvalue weighted by molar-refractivity contribution is 0.0375. The lowest BCUT2D eigenvalue weighted by Crippen LogP contribution is -2.41. The quantitative estimate of drug-likeness (QED) is 0.229. The largest absolute Gasteiger partial charge is 0.379 e. The predicted molar refractivity (Wildman–Crippen MR) is 134 cm³/mol. The number of aromatic nitrogens is 4. The second-order valence-electron chi connectivity index (χ2n) is 7.71. The molecule has 0 atom stereocenters. The molecule has 174 valence electrons. The third-order valence-corrected chi connectivity index (χ3v) is 5.63. The molecular weight excluding hydrogens is 531 g/mol. The van der Waals surface area contributed by atoms with Gasteiger partial charge in [0.1, 0.15) is 12.4 Å². The lowest BCUT2D eigenvalue weighted by atomic mass is 10.3. The fraction of sp³-hybridized carbons (Fsp3) is 0.650. The van der Waals surface area contributed by atoms with Crippen molar-refractivity contribution in [3.63, 3.8) is 0 Å². The molecule has 31 heavy (non-hydrogen) atoms. The molecular formula is C20H34ClIN8O. The number of aliphatic imine (C=N–C) groups is 1. The number of rotatable bonds is 8. The van der Waals surface area contributed by atoms with Crippen LogP contribution in [0.4, 0.5) is 0 Å². The molecule has 0 unspecified atom stereocenters. The van der Waals surface area contributed by atoms with Crippen LogP contribution in [0.25, 0.3) is 0 Å². The third-order valence-electron chi connectivity index (χ3n) is 5.43. The molecule has 0 radical (unpaired) electrons. The number of nitrogens with zero attached hydrogens (tertiary/aromatic N) is 7. The van der Waals surface area contributed by atoms with Crippen molar-refractivity contribution in [1.82, 2.24) is 34.4 Å². The molecule has 0 saturated carbocycles. The Morgan fingerprint density at radius 1 is 1.29 bits per heavy atom. The first kappa shape index (κ1) is 25.9. The smallest absolute Gasteiger partial charge is 0.194 e. The zero-order valence-electron chi connectivity index (χ0n) is 18.8. The fourth-order valence-electron chi connectivity index (χ4n) is 3.41. The third kappa shape index (κ3) is 7.62. The standard InChI is InChI=1S/C20H33ClN8O.HI/c1-16-24-25-19(28(16)4)13-23-20(22-6-5-7-29-8-10-30-11-9-29)27(3)15-18-12-17(21)14-26(18)2;/h12,14H,5-11,13,15H2,1-4H3,(H,22,23);1H. The maximum atomic E-state index is 6.15. The summed E-state index contributed by atoms with van der Waals surface area (Å²) < 4.78 is 9.43. The summed E-state index contributed by atoms with van der Waals surface area (Å²) in [5.41, 5.74) is 1.12. The molecule has 2 aromatic heterocycles. The van der Waals surface area contributed by atoms with Crippen LogP contribution in [0.5, 0.6) is 0 Å². The number of morpholine rings is 1. The van der Waals surface area contributed by atoms with Crippen LogP contribution in [-0.2, 0) is 31.9 Å². The highest BCUT2D eigenvalue weighted by atomic mass is 127. The van der Waals surface area contributed by atoms with Gasteiger partial charge in [0, 0.05) is 52.7 Å². The van der Waals surface area contributed by atoms with Crippen molar-refractivity contribution in [3.05, 3.63) is 34.6 Å².